The molecule has 0 unspecified atom stereocenters. The molecule has 0 saturated carbocycles. The van der Waals surface area contributed by atoms with Gasteiger partial charge in [-0.15, -0.1) is 0 Å². The molecule has 3 nitrogen and oxygen atoms in total. The third-order valence-corrected chi connectivity index (χ3v) is 2.70. The van der Waals surface area contributed by atoms with Gasteiger partial charge in [-0.25, -0.2) is 0 Å². The van der Waals surface area contributed by atoms with Gasteiger partial charge in [0.1, 0.15) is 0 Å². The Labute approximate surface area is 91.3 Å². The zero-order valence-electron chi connectivity index (χ0n) is 9.89. The third kappa shape index (κ3) is 2.63. The van der Waals surface area contributed by atoms with E-state index in [1.807, 2.05) is 39.8 Å². The van der Waals surface area contributed by atoms with E-state index in [-0.39, 0.29) is 12.1 Å². The Morgan fingerprint density at radius 3 is 2.40 bits per heavy atom. The Kier molecular flexibility index (Phi) is 3.25. The molecule has 0 radical (unpaired) electrons. The smallest absolute Gasteiger partial charge is 0.0656 e. The lowest BCUT2D eigenvalue weighted by Crippen LogP contribution is -2.35. The van der Waals surface area contributed by atoms with Crippen molar-refractivity contribution in [1.29, 1.82) is 0 Å². The number of rotatable bonds is 3. The van der Waals surface area contributed by atoms with Gasteiger partial charge < -0.3 is 16.2 Å². The molecule has 0 aliphatic rings. The molecule has 0 bridgehead atoms. The van der Waals surface area contributed by atoms with Crippen molar-refractivity contribution in [3.05, 3.63) is 23.3 Å². The van der Waals surface area contributed by atoms with Gasteiger partial charge in [0.05, 0.1) is 12.1 Å². The quantitative estimate of drug-likeness (QED) is 0.666. The highest BCUT2D eigenvalue weighted by atomic mass is 16.3. The van der Waals surface area contributed by atoms with Gasteiger partial charge in [0.15, 0.2) is 0 Å². The minimum Gasteiger partial charge on any atom is -0.399 e. The normalized spacial score (nSPS) is 11.5. The topological polar surface area (TPSA) is 58.3 Å². The highest BCUT2D eigenvalue weighted by molar-refractivity contribution is 5.63. The van der Waals surface area contributed by atoms with Crippen molar-refractivity contribution in [3.63, 3.8) is 0 Å². The number of hydrogen-bond acceptors (Lipinski definition) is 3. The maximum absolute atomic E-state index is 9.18. The molecule has 0 aliphatic heterocycles. The number of benzene rings is 1. The van der Waals surface area contributed by atoms with Crippen molar-refractivity contribution in [2.24, 2.45) is 0 Å². The minimum atomic E-state index is -0.312. The highest BCUT2D eigenvalue weighted by Gasteiger charge is 2.17. The van der Waals surface area contributed by atoms with E-state index in [0.29, 0.717) is 0 Å². The summed E-state index contributed by atoms with van der Waals surface area (Å²) in [5, 5.41) is 12.5. The van der Waals surface area contributed by atoms with Gasteiger partial charge in [0, 0.05) is 11.4 Å². The van der Waals surface area contributed by atoms with Crippen LogP contribution in [0.4, 0.5) is 11.4 Å². The Balaban J connectivity index is 3.02. The summed E-state index contributed by atoms with van der Waals surface area (Å²) in [7, 11) is 0. The van der Waals surface area contributed by atoms with E-state index in [2.05, 4.69) is 5.32 Å². The molecular weight excluding hydrogens is 188 g/mol. The molecule has 1 aromatic carbocycles. The number of aliphatic hydroxyl groups excluding tert-OH is 1. The van der Waals surface area contributed by atoms with Crippen molar-refractivity contribution >= 4 is 11.4 Å². The van der Waals surface area contributed by atoms with Crippen molar-refractivity contribution in [1.82, 2.24) is 0 Å². The van der Waals surface area contributed by atoms with Gasteiger partial charge >= 0.3 is 0 Å². The molecule has 0 spiro atoms. The van der Waals surface area contributed by atoms with Crippen molar-refractivity contribution in [3.8, 4) is 0 Å². The number of anilines is 2. The average Bonchev–Trinajstić information content (AvgIpc) is 2.19. The maximum atomic E-state index is 9.18. The fourth-order valence-electron chi connectivity index (χ4n) is 1.38. The van der Waals surface area contributed by atoms with E-state index in [9.17, 15) is 5.11 Å². The summed E-state index contributed by atoms with van der Waals surface area (Å²) < 4.78 is 0. The van der Waals surface area contributed by atoms with Crippen LogP contribution < -0.4 is 11.1 Å². The molecule has 15 heavy (non-hydrogen) atoms. The number of nitrogens with two attached hydrogens (primary N) is 1. The molecule has 1 aromatic rings. The van der Waals surface area contributed by atoms with Crippen LogP contribution >= 0.6 is 0 Å². The zero-order valence-corrected chi connectivity index (χ0v) is 9.89. The largest absolute Gasteiger partial charge is 0.399 e. The molecule has 84 valence electrons. The zero-order chi connectivity index (χ0) is 11.6. The fraction of sp³-hybridized carbons (Fsp3) is 0.500. The molecule has 1 rings (SSSR count). The van der Waals surface area contributed by atoms with Crippen LogP contribution in [0, 0.1) is 13.8 Å². The molecule has 0 heterocycles. The first-order chi connectivity index (χ1) is 6.87. The maximum Gasteiger partial charge on any atom is 0.0656 e. The molecule has 0 aromatic heterocycles. The van der Waals surface area contributed by atoms with E-state index < -0.39 is 0 Å². The monoisotopic (exact) mass is 208 g/mol. The molecule has 0 aliphatic carbocycles. The Hall–Kier alpha value is -1.22. The van der Waals surface area contributed by atoms with Crippen LogP contribution in [0.25, 0.3) is 0 Å². The van der Waals surface area contributed by atoms with Crippen molar-refractivity contribution in [2.75, 3.05) is 17.7 Å². The van der Waals surface area contributed by atoms with Gasteiger partial charge in [-0.05, 0) is 51.0 Å². The second-order valence-electron chi connectivity index (χ2n) is 4.62. The van der Waals surface area contributed by atoms with E-state index >= 15 is 0 Å². The Morgan fingerprint density at radius 2 is 1.87 bits per heavy atom. The predicted molar refractivity (Wildman–Crippen MR) is 65.1 cm³/mol. The van der Waals surface area contributed by atoms with Crippen molar-refractivity contribution < 1.29 is 5.11 Å². The summed E-state index contributed by atoms with van der Waals surface area (Å²) in [6.45, 7) is 8.04. The Morgan fingerprint density at radius 1 is 1.27 bits per heavy atom. The summed E-state index contributed by atoms with van der Waals surface area (Å²) in [4.78, 5) is 0. The Bertz CT molecular complexity index is 359. The second kappa shape index (κ2) is 4.11. The summed E-state index contributed by atoms with van der Waals surface area (Å²) in [5.41, 5.74) is 9.56. The second-order valence-corrected chi connectivity index (χ2v) is 4.62. The van der Waals surface area contributed by atoms with Crippen LogP contribution in [0.1, 0.15) is 25.0 Å². The first kappa shape index (κ1) is 11.9. The van der Waals surface area contributed by atoms with E-state index in [1.54, 1.807) is 0 Å². The third-order valence-electron chi connectivity index (χ3n) is 2.70. The molecular formula is C12H20N2O. The van der Waals surface area contributed by atoms with Crippen LogP contribution in [0.15, 0.2) is 12.1 Å². The van der Waals surface area contributed by atoms with E-state index in [1.165, 1.54) is 0 Å². The molecule has 3 heteroatoms. The van der Waals surface area contributed by atoms with Gasteiger partial charge in [-0.3, -0.25) is 0 Å². The molecule has 0 atom stereocenters. The van der Waals surface area contributed by atoms with Gasteiger partial charge in [-0.2, -0.15) is 0 Å². The van der Waals surface area contributed by atoms with Gasteiger partial charge in [0.25, 0.3) is 0 Å². The summed E-state index contributed by atoms with van der Waals surface area (Å²) >= 11 is 0. The number of aliphatic hydroxyl groups is 1. The lowest BCUT2D eigenvalue weighted by atomic mass is 10.0. The number of hydrogen-bond donors (Lipinski definition) is 3. The van der Waals surface area contributed by atoms with Crippen LogP contribution in [0.5, 0.6) is 0 Å². The summed E-state index contributed by atoms with van der Waals surface area (Å²) in [5.74, 6) is 0. The SMILES string of the molecule is Cc1c(N)ccc(NC(C)(C)CO)c1C. The molecule has 0 fully saturated rings. The standard InChI is InChI=1S/C12H20N2O/c1-8-9(2)11(6-5-10(8)13)14-12(3,4)7-15/h5-6,14-15H,7,13H2,1-4H3. The lowest BCUT2D eigenvalue weighted by Gasteiger charge is -2.26. The first-order valence-electron chi connectivity index (χ1n) is 5.12. The highest BCUT2D eigenvalue weighted by Crippen LogP contribution is 2.25. The van der Waals surface area contributed by atoms with E-state index in [4.69, 9.17) is 5.73 Å². The minimum absolute atomic E-state index is 0.0931. The fourth-order valence-corrected chi connectivity index (χ4v) is 1.38. The summed E-state index contributed by atoms with van der Waals surface area (Å²) in [6, 6.07) is 3.84. The number of nitrogens with one attached hydrogen (secondary N) is 1. The molecule has 4 N–H and O–H groups in total. The van der Waals surface area contributed by atoms with E-state index in [0.717, 1.165) is 22.5 Å². The van der Waals surface area contributed by atoms with Crippen LogP contribution in [0.3, 0.4) is 0 Å². The van der Waals surface area contributed by atoms with Crippen LogP contribution in [0.2, 0.25) is 0 Å². The van der Waals surface area contributed by atoms with Gasteiger partial charge in [0.2, 0.25) is 0 Å². The molecule has 0 saturated heterocycles. The summed E-state index contributed by atoms with van der Waals surface area (Å²) in [6.07, 6.45) is 0. The number of nitrogen functional groups attached to an aromatic ring is 1. The average molecular weight is 208 g/mol. The lowest BCUT2D eigenvalue weighted by molar-refractivity contribution is 0.234. The molecule has 0 amide bonds. The van der Waals surface area contributed by atoms with Crippen LogP contribution in [-0.2, 0) is 0 Å². The van der Waals surface area contributed by atoms with Crippen LogP contribution in [-0.4, -0.2) is 17.3 Å². The first-order valence-corrected chi connectivity index (χ1v) is 5.12. The van der Waals surface area contributed by atoms with Gasteiger partial charge in [-0.1, -0.05) is 0 Å². The predicted octanol–water partition coefficient (Wildman–Crippen LogP) is 2.07. The van der Waals surface area contributed by atoms with Crippen molar-refractivity contribution in [2.45, 2.75) is 33.2 Å².